The maximum atomic E-state index is 17.5. The number of nitrogen functional groups attached to an aromatic ring is 1. The van der Waals surface area contributed by atoms with Gasteiger partial charge in [-0.2, -0.15) is 0 Å². The number of aliphatic hydroxyl groups excluding tert-OH is 2. The molecule has 0 radical (unpaired) electrons. The van der Waals surface area contributed by atoms with Crippen molar-refractivity contribution < 1.29 is 38.1 Å². The Morgan fingerprint density at radius 1 is 1.23 bits per heavy atom. The van der Waals surface area contributed by atoms with Crippen molar-refractivity contribution in [3.05, 3.63) is 53.6 Å². The SMILES string of the molecule is C[C@@H]1C[C@H]2[C@@H]3C[C@H](F)C4=CC(=O)C=C[C@]4(C)[C@@]3(F)[C@@H](O)C[C@]2(C)[C@@]1(OC(=O)c1cccc(N)c1)C(=O)NCCO. The van der Waals surface area contributed by atoms with Gasteiger partial charge >= 0.3 is 5.97 Å². The number of aliphatic hydroxyl groups is 2. The Morgan fingerprint density at radius 2 is 1.95 bits per heavy atom. The van der Waals surface area contributed by atoms with E-state index < -0.39 is 69.8 Å². The van der Waals surface area contributed by atoms with E-state index in [9.17, 15) is 24.6 Å². The van der Waals surface area contributed by atoms with Gasteiger partial charge in [-0.05, 0) is 68.0 Å². The van der Waals surface area contributed by atoms with Crippen LogP contribution in [0.5, 0.6) is 0 Å². The zero-order valence-electron chi connectivity index (χ0n) is 22.8. The molecule has 0 aromatic heterocycles. The van der Waals surface area contributed by atoms with Gasteiger partial charge in [0.2, 0.25) is 0 Å². The molecule has 40 heavy (non-hydrogen) atoms. The lowest BCUT2D eigenvalue weighted by atomic mass is 9.44. The van der Waals surface area contributed by atoms with Gasteiger partial charge < -0.3 is 26.0 Å². The Morgan fingerprint density at radius 3 is 2.62 bits per heavy atom. The van der Waals surface area contributed by atoms with E-state index in [1.807, 2.05) is 0 Å². The van der Waals surface area contributed by atoms with Gasteiger partial charge in [0, 0.05) is 34.9 Å². The van der Waals surface area contributed by atoms with Crippen molar-refractivity contribution in [1.29, 1.82) is 0 Å². The van der Waals surface area contributed by atoms with Crippen molar-refractivity contribution in [2.24, 2.45) is 28.6 Å². The van der Waals surface area contributed by atoms with Gasteiger partial charge in [-0.25, -0.2) is 13.6 Å². The summed E-state index contributed by atoms with van der Waals surface area (Å²) in [5.41, 5.74) is -0.768. The van der Waals surface area contributed by atoms with E-state index in [1.165, 1.54) is 31.2 Å². The average molecular weight is 559 g/mol. The molecule has 10 heteroatoms. The zero-order chi connectivity index (χ0) is 29.3. The smallest absolute Gasteiger partial charge is 0.339 e. The summed E-state index contributed by atoms with van der Waals surface area (Å²) in [6.07, 6.45) is 0.0609. The number of anilines is 1. The molecule has 3 fully saturated rings. The van der Waals surface area contributed by atoms with Crippen LogP contribution < -0.4 is 11.1 Å². The van der Waals surface area contributed by atoms with E-state index in [2.05, 4.69) is 5.32 Å². The summed E-state index contributed by atoms with van der Waals surface area (Å²) < 4.78 is 39.4. The van der Waals surface area contributed by atoms with Crippen LogP contribution in [0.3, 0.4) is 0 Å². The number of halogens is 2. The molecule has 0 bridgehead atoms. The molecule has 5 rings (SSSR count). The summed E-state index contributed by atoms with van der Waals surface area (Å²) in [6, 6.07) is 6.09. The molecule has 1 aromatic rings. The fourth-order valence-electron chi connectivity index (χ4n) is 8.44. The minimum absolute atomic E-state index is 0.00694. The molecular weight excluding hydrogens is 522 g/mol. The third kappa shape index (κ3) is 3.64. The first-order valence-electron chi connectivity index (χ1n) is 13.7. The molecule has 3 saturated carbocycles. The van der Waals surface area contributed by atoms with Crippen molar-refractivity contribution in [2.45, 2.75) is 63.6 Å². The fourth-order valence-corrected chi connectivity index (χ4v) is 8.44. The molecule has 0 aliphatic heterocycles. The van der Waals surface area contributed by atoms with Gasteiger partial charge in [0.25, 0.3) is 5.91 Å². The number of esters is 1. The molecule has 216 valence electrons. The largest absolute Gasteiger partial charge is 0.444 e. The Kier molecular flexibility index (Phi) is 6.73. The van der Waals surface area contributed by atoms with E-state index in [0.29, 0.717) is 5.69 Å². The average Bonchev–Trinajstić information content (AvgIpc) is 3.12. The van der Waals surface area contributed by atoms with E-state index in [4.69, 9.17) is 10.5 Å². The first-order valence-corrected chi connectivity index (χ1v) is 13.7. The lowest BCUT2D eigenvalue weighted by molar-refractivity contribution is -0.224. The van der Waals surface area contributed by atoms with Crippen molar-refractivity contribution in [3.8, 4) is 0 Å². The third-order valence-electron chi connectivity index (χ3n) is 10.3. The maximum absolute atomic E-state index is 17.5. The van der Waals surface area contributed by atoms with Gasteiger partial charge in [-0.1, -0.05) is 26.0 Å². The number of alkyl halides is 2. The molecule has 8 nitrogen and oxygen atoms in total. The van der Waals surface area contributed by atoms with Crippen molar-refractivity contribution in [2.75, 3.05) is 18.9 Å². The molecule has 0 heterocycles. The molecule has 0 spiro atoms. The second kappa shape index (κ2) is 9.48. The fraction of sp³-hybridized carbons (Fsp3) is 0.567. The van der Waals surface area contributed by atoms with Crippen LogP contribution in [0.2, 0.25) is 0 Å². The molecule has 9 atom stereocenters. The number of rotatable bonds is 5. The number of amides is 1. The van der Waals surface area contributed by atoms with Crippen LogP contribution in [0, 0.1) is 28.6 Å². The normalized spacial score (nSPS) is 41.8. The summed E-state index contributed by atoms with van der Waals surface area (Å²) in [6.45, 7) is 4.45. The van der Waals surface area contributed by atoms with E-state index in [-0.39, 0.29) is 43.6 Å². The quantitative estimate of drug-likeness (QED) is 0.322. The number of fused-ring (bicyclic) bond motifs is 5. The number of nitrogens with two attached hydrogens (primary N) is 1. The van der Waals surface area contributed by atoms with Crippen LogP contribution in [-0.4, -0.2) is 64.6 Å². The standard InChI is InChI=1S/C30H36F2N2O6/c1-16-11-20-21-14-23(31)22-13-19(36)7-8-27(22,2)29(21,32)24(37)15-28(20,3)30(16,26(39)34-9-10-35)40-25(38)17-5-4-6-18(33)12-17/h4-8,12-13,16,20-21,23-24,35,37H,9-11,14-15,33H2,1-3H3,(H,34,39)/t16-,20+,21+,23+,24+,27+,28+,29+,30+/m1/s1. The predicted octanol–water partition coefficient (Wildman–Crippen LogP) is 2.84. The number of hydrogen-bond donors (Lipinski definition) is 4. The van der Waals surface area contributed by atoms with Gasteiger partial charge in [-0.3, -0.25) is 9.59 Å². The van der Waals surface area contributed by atoms with Crippen LogP contribution in [0.25, 0.3) is 0 Å². The first kappa shape index (κ1) is 28.4. The molecule has 0 saturated heterocycles. The molecule has 1 amide bonds. The summed E-state index contributed by atoms with van der Waals surface area (Å²) in [5, 5.41) is 23.7. The predicted molar refractivity (Wildman–Crippen MR) is 142 cm³/mol. The van der Waals surface area contributed by atoms with Gasteiger partial charge in [0.05, 0.1) is 18.3 Å². The van der Waals surface area contributed by atoms with Crippen LogP contribution in [0.1, 0.15) is 50.4 Å². The minimum Gasteiger partial charge on any atom is -0.444 e. The third-order valence-corrected chi connectivity index (χ3v) is 10.3. The summed E-state index contributed by atoms with van der Waals surface area (Å²) in [7, 11) is 0. The number of ether oxygens (including phenoxy) is 1. The van der Waals surface area contributed by atoms with Crippen LogP contribution in [0.4, 0.5) is 14.5 Å². The monoisotopic (exact) mass is 558 g/mol. The number of ketones is 1. The highest BCUT2D eigenvalue weighted by molar-refractivity contribution is 6.01. The van der Waals surface area contributed by atoms with E-state index >= 15 is 8.78 Å². The number of benzene rings is 1. The topological polar surface area (TPSA) is 139 Å². The number of hydrogen-bond acceptors (Lipinski definition) is 7. The van der Waals surface area contributed by atoms with Gasteiger partial charge in [0.15, 0.2) is 17.1 Å². The zero-order valence-corrected chi connectivity index (χ0v) is 22.8. The molecule has 4 aliphatic carbocycles. The summed E-state index contributed by atoms with van der Waals surface area (Å²) >= 11 is 0. The summed E-state index contributed by atoms with van der Waals surface area (Å²) in [5.74, 6) is -4.27. The molecular formula is C30H36F2N2O6. The minimum atomic E-state index is -2.34. The Bertz CT molecular complexity index is 1320. The van der Waals surface area contributed by atoms with Crippen LogP contribution in [0.15, 0.2) is 48.1 Å². The Balaban J connectivity index is 1.63. The van der Waals surface area contributed by atoms with Crippen LogP contribution in [-0.2, 0) is 14.3 Å². The lowest BCUT2D eigenvalue weighted by Crippen LogP contribution is -2.71. The Labute approximate surface area is 231 Å². The van der Waals surface area contributed by atoms with Gasteiger partial charge in [-0.15, -0.1) is 0 Å². The lowest BCUT2D eigenvalue weighted by Gasteiger charge is -2.63. The van der Waals surface area contributed by atoms with Crippen molar-refractivity contribution in [3.63, 3.8) is 0 Å². The van der Waals surface area contributed by atoms with E-state index in [0.717, 1.165) is 6.08 Å². The highest BCUT2D eigenvalue weighted by atomic mass is 19.1. The second-order valence-electron chi connectivity index (χ2n) is 12.2. The summed E-state index contributed by atoms with van der Waals surface area (Å²) in [4.78, 5) is 39.5. The van der Waals surface area contributed by atoms with Crippen LogP contribution >= 0.6 is 0 Å². The molecule has 5 N–H and O–H groups in total. The number of carbonyl (C=O) groups excluding carboxylic acids is 3. The number of allylic oxidation sites excluding steroid dienone is 4. The van der Waals surface area contributed by atoms with E-state index in [1.54, 1.807) is 26.0 Å². The highest BCUT2D eigenvalue weighted by Crippen LogP contribution is 2.71. The van der Waals surface area contributed by atoms with Crippen molar-refractivity contribution in [1.82, 2.24) is 5.32 Å². The Hall–Kier alpha value is -3.11. The van der Waals surface area contributed by atoms with Crippen molar-refractivity contribution >= 4 is 23.3 Å². The molecule has 4 aliphatic rings. The highest BCUT2D eigenvalue weighted by Gasteiger charge is 2.78. The van der Waals surface area contributed by atoms with Gasteiger partial charge in [0.1, 0.15) is 6.17 Å². The first-order chi connectivity index (χ1) is 18.8. The maximum Gasteiger partial charge on any atom is 0.339 e. The molecule has 0 unspecified atom stereocenters. The second-order valence-corrected chi connectivity index (χ2v) is 12.2. The molecule has 1 aromatic carbocycles. The number of carbonyl (C=O) groups is 3. The number of nitrogens with one attached hydrogen (secondary N) is 1.